The number of likely N-dealkylation sites (N-methyl/N-ethyl adjacent to an activating group) is 1. The first-order valence-corrected chi connectivity index (χ1v) is 6.66. The maximum absolute atomic E-state index is 10.8. The lowest BCUT2D eigenvalue weighted by molar-refractivity contribution is -0.384. The smallest absolute Gasteiger partial charge is 0.269 e. The maximum Gasteiger partial charge on any atom is 0.269 e. The average Bonchev–Trinajstić information content (AvgIpc) is 2.44. The van der Waals surface area contributed by atoms with Crippen molar-refractivity contribution in [2.24, 2.45) is 0 Å². The molecule has 6 nitrogen and oxygen atoms in total. The van der Waals surface area contributed by atoms with Crippen molar-refractivity contribution >= 4 is 5.69 Å². The van der Waals surface area contributed by atoms with Gasteiger partial charge in [-0.1, -0.05) is 12.1 Å². The minimum atomic E-state index is -0.568. The summed E-state index contributed by atoms with van der Waals surface area (Å²) in [4.78, 5) is 12.3. The van der Waals surface area contributed by atoms with Crippen LogP contribution in [0, 0.1) is 10.1 Å². The quantitative estimate of drug-likeness (QED) is 0.583. The van der Waals surface area contributed by atoms with E-state index in [2.05, 4.69) is 0 Å². The second kappa shape index (κ2) is 7.94. The average molecular weight is 282 g/mol. The van der Waals surface area contributed by atoms with Gasteiger partial charge in [0.25, 0.3) is 5.69 Å². The van der Waals surface area contributed by atoms with E-state index in [4.69, 9.17) is 4.74 Å². The summed E-state index contributed by atoms with van der Waals surface area (Å²) in [6.07, 6.45) is -0.568. The van der Waals surface area contributed by atoms with Crippen LogP contribution in [0.2, 0.25) is 0 Å². The fourth-order valence-electron chi connectivity index (χ4n) is 1.95. The van der Waals surface area contributed by atoms with E-state index in [1.54, 1.807) is 12.1 Å². The van der Waals surface area contributed by atoms with Gasteiger partial charge in [-0.3, -0.25) is 15.0 Å². The van der Waals surface area contributed by atoms with Gasteiger partial charge in [-0.2, -0.15) is 0 Å². The van der Waals surface area contributed by atoms with Gasteiger partial charge in [0.1, 0.15) is 0 Å². The van der Waals surface area contributed by atoms with Crippen molar-refractivity contribution in [1.82, 2.24) is 4.90 Å². The normalized spacial score (nSPS) is 14.2. The molecule has 0 radical (unpaired) electrons. The number of nitro groups is 1. The SMILES string of the molecule is CCOC[C@@H](O)CN(C)[C@@H](C)c1cccc([N+](=O)[O-])c1. The topological polar surface area (TPSA) is 75.8 Å². The van der Waals surface area contributed by atoms with E-state index >= 15 is 0 Å². The number of rotatable bonds is 8. The van der Waals surface area contributed by atoms with Crippen molar-refractivity contribution in [3.05, 3.63) is 39.9 Å². The van der Waals surface area contributed by atoms with Gasteiger partial charge in [-0.15, -0.1) is 0 Å². The third-order valence-corrected chi connectivity index (χ3v) is 3.24. The molecule has 0 spiro atoms. The Bertz CT molecular complexity index is 439. The summed E-state index contributed by atoms with van der Waals surface area (Å²) in [6, 6.07) is 6.54. The van der Waals surface area contributed by atoms with Crippen molar-refractivity contribution in [3.63, 3.8) is 0 Å². The number of nitrogens with zero attached hydrogens (tertiary/aromatic N) is 2. The van der Waals surface area contributed by atoms with Gasteiger partial charge < -0.3 is 9.84 Å². The fraction of sp³-hybridized carbons (Fsp3) is 0.571. The van der Waals surface area contributed by atoms with Gasteiger partial charge in [0.15, 0.2) is 0 Å². The highest BCUT2D eigenvalue weighted by Crippen LogP contribution is 2.22. The number of benzene rings is 1. The predicted molar refractivity (Wildman–Crippen MR) is 76.6 cm³/mol. The van der Waals surface area contributed by atoms with Crippen LogP contribution in [0.3, 0.4) is 0 Å². The van der Waals surface area contributed by atoms with Crippen molar-refractivity contribution < 1.29 is 14.8 Å². The molecule has 1 aromatic rings. The highest BCUT2D eigenvalue weighted by Gasteiger charge is 2.17. The third-order valence-electron chi connectivity index (χ3n) is 3.24. The lowest BCUT2D eigenvalue weighted by Crippen LogP contribution is -2.34. The molecule has 1 rings (SSSR count). The first kappa shape index (κ1) is 16.6. The van der Waals surface area contributed by atoms with Gasteiger partial charge in [-0.05, 0) is 26.5 Å². The summed E-state index contributed by atoms with van der Waals surface area (Å²) >= 11 is 0. The highest BCUT2D eigenvalue weighted by atomic mass is 16.6. The molecule has 0 aliphatic rings. The number of aliphatic hydroxyl groups excluding tert-OH is 1. The van der Waals surface area contributed by atoms with Crippen LogP contribution in [-0.4, -0.2) is 47.8 Å². The Labute approximate surface area is 119 Å². The number of hydrogen-bond acceptors (Lipinski definition) is 5. The fourth-order valence-corrected chi connectivity index (χ4v) is 1.95. The molecular formula is C14H22N2O4. The molecule has 0 aliphatic carbocycles. The number of nitro benzene ring substituents is 1. The Morgan fingerprint density at radius 3 is 2.80 bits per heavy atom. The Kier molecular flexibility index (Phi) is 6.57. The number of non-ortho nitro benzene ring substituents is 1. The number of hydrogen-bond donors (Lipinski definition) is 1. The zero-order valence-electron chi connectivity index (χ0n) is 12.2. The van der Waals surface area contributed by atoms with E-state index < -0.39 is 11.0 Å². The van der Waals surface area contributed by atoms with Gasteiger partial charge >= 0.3 is 0 Å². The summed E-state index contributed by atoms with van der Waals surface area (Å²) in [5.74, 6) is 0. The molecule has 1 N–H and O–H groups in total. The third kappa shape index (κ3) is 4.88. The Morgan fingerprint density at radius 2 is 2.20 bits per heavy atom. The summed E-state index contributed by atoms with van der Waals surface area (Å²) in [6.45, 7) is 5.14. The standard InChI is InChI=1S/C14H22N2O4/c1-4-20-10-14(17)9-15(3)11(2)12-6-5-7-13(8-12)16(18)19/h5-8,11,14,17H,4,9-10H2,1-3H3/t11-,14-/m0/s1. The van der Waals surface area contributed by atoms with Gasteiger partial charge in [0, 0.05) is 31.3 Å². The molecular weight excluding hydrogens is 260 g/mol. The van der Waals surface area contributed by atoms with Crippen LogP contribution in [-0.2, 0) is 4.74 Å². The van der Waals surface area contributed by atoms with Gasteiger partial charge in [0.2, 0.25) is 0 Å². The van der Waals surface area contributed by atoms with Gasteiger partial charge in [-0.25, -0.2) is 0 Å². The lowest BCUT2D eigenvalue weighted by atomic mass is 10.1. The van der Waals surface area contributed by atoms with E-state index in [-0.39, 0.29) is 11.7 Å². The molecule has 0 amide bonds. The Hall–Kier alpha value is -1.50. The lowest BCUT2D eigenvalue weighted by Gasteiger charge is -2.27. The van der Waals surface area contributed by atoms with Crippen LogP contribution >= 0.6 is 0 Å². The van der Waals surface area contributed by atoms with Gasteiger partial charge in [0.05, 0.1) is 17.6 Å². The van der Waals surface area contributed by atoms with E-state index in [9.17, 15) is 15.2 Å². The largest absolute Gasteiger partial charge is 0.389 e. The summed E-state index contributed by atoms with van der Waals surface area (Å²) in [7, 11) is 1.87. The molecule has 2 atom stereocenters. The maximum atomic E-state index is 10.8. The highest BCUT2D eigenvalue weighted by molar-refractivity contribution is 5.35. The molecule has 0 aromatic heterocycles. The van der Waals surface area contributed by atoms with Crippen molar-refractivity contribution in [3.8, 4) is 0 Å². The Morgan fingerprint density at radius 1 is 1.50 bits per heavy atom. The zero-order valence-corrected chi connectivity index (χ0v) is 12.2. The molecule has 0 saturated carbocycles. The van der Waals surface area contributed by atoms with Crippen LogP contribution in [0.1, 0.15) is 25.5 Å². The van der Waals surface area contributed by atoms with Crippen LogP contribution in [0.5, 0.6) is 0 Å². The molecule has 6 heteroatoms. The first-order valence-electron chi connectivity index (χ1n) is 6.66. The van der Waals surface area contributed by atoms with E-state index in [1.165, 1.54) is 6.07 Å². The molecule has 0 aliphatic heterocycles. The van der Waals surface area contributed by atoms with Crippen LogP contribution in [0.4, 0.5) is 5.69 Å². The summed E-state index contributed by atoms with van der Waals surface area (Å²) < 4.78 is 5.17. The first-order chi connectivity index (χ1) is 9.45. The molecule has 0 unspecified atom stereocenters. The molecule has 112 valence electrons. The van der Waals surface area contributed by atoms with Crippen molar-refractivity contribution in [1.29, 1.82) is 0 Å². The molecule has 0 saturated heterocycles. The van der Waals surface area contributed by atoms with E-state index in [0.717, 1.165) is 5.56 Å². The molecule has 0 heterocycles. The summed E-state index contributed by atoms with van der Waals surface area (Å²) in [5.41, 5.74) is 0.933. The predicted octanol–water partition coefficient (Wildman–Crippen LogP) is 1.99. The number of aliphatic hydroxyl groups is 1. The van der Waals surface area contributed by atoms with E-state index in [0.29, 0.717) is 19.8 Å². The summed E-state index contributed by atoms with van der Waals surface area (Å²) in [5, 5.41) is 20.6. The monoisotopic (exact) mass is 282 g/mol. The molecule has 20 heavy (non-hydrogen) atoms. The van der Waals surface area contributed by atoms with Crippen LogP contribution in [0.25, 0.3) is 0 Å². The Balaban J connectivity index is 2.66. The second-order valence-corrected chi connectivity index (χ2v) is 4.78. The zero-order chi connectivity index (χ0) is 15.1. The van der Waals surface area contributed by atoms with Crippen molar-refractivity contribution in [2.75, 3.05) is 26.8 Å². The molecule has 0 bridgehead atoms. The van der Waals surface area contributed by atoms with Crippen LogP contribution < -0.4 is 0 Å². The molecule has 1 aromatic carbocycles. The molecule has 0 fully saturated rings. The number of ether oxygens (including phenoxy) is 1. The van der Waals surface area contributed by atoms with Crippen LogP contribution in [0.15, 0.2) is 24.3 Å². The van der Waals surface area contributed by atoms with Crippen molar-refractivity contribution in [2.45, 2.75) is 26.0 Å². The minimum Gasteiger partial charge on any atom is -0.389 e. The van der Waals surface area contributed by atoms with E-state index in [1.807, 2.05) is 31.9 Å². The second-order valence-electron chi connectivity index (χ2n) is 4.78. The minimum absolute atomic E-state index is 0.0221.